The predicted molar refractivity (Wildman–Crippen MR) is 69.8 cm³/mol. The maximum absolute atomic E-state index is 13.2. The Kier molecular flexibility index (Phi) is 4.94. The number of aliphatic hydroxyl groups excluding tert-OH is 1. The Balaban J connectivity index is 2.75. The normalized spacial score (nSPS) is 12.9. The molecule has 0 radical (unpaired) electrons. The number of hydrogen-bond acceptors (Lipinski definition) is 2. The summed E-state index contributed by atoms with van der Waals surface area (Å²) in [5.74, 6) is 0.499. The lowest BCUT2D eigenvalue weighted by molar-refractivity contribution is 0.193. The molecule has 1 aromatic carbocycles. The molecular formula is C14H22FNO. The number of hydrogen-bond donors (Lipinski definition) is 1. The van der Waals surface area contributed by atoms with Crippen LogP contribution in [0.4, 0.5) is 10.1 Å². The van der Waals surface area contributed by atoms with Crippen LogP contribution in [0.2, 0.25) is 0 Å². The Bertz CT molecular complexity index is 365. The first-order chi connectivity index (χ1) is 7.95. The van der Waals surface area contributed by atoms with Gasteiger partial charge in [0, 0.05) is 31.8 Å². The highest BCUT2D eigenvalue weighted by molar-refractivity contribution is 5.48. The van der Waals surface area contributed by atoms with E-state index in [9.17, 15) is 9.50 Å². The zero-order valence-corrected chi connectivity index (χ0v) is 11.1. The fourth-order valence-electron chi connectivity index (χ4n) is 1.80. The number of rotatable bonds is 5. The van der Waals surface area contributed by atoms with Crippen LogP contribution in [0.15, 0.2) is 18.2 Å². The average molecular weight is 239 g/mol. The van der Waals surface area contributed by atoms with E-state index in [2.05, 4.69) is 18.7 Å². The summed E-state index contributed by atoms with van der Waals surface area (Å²) < 4.78 is 13.2. The van der Waals surface area contributed by atoms with Crippen molar-refractivity contribution >= 4 is 5.69 Å². The van der Waals surface area contributed by atoms with Crippen molar-refractivity contribution < 1.29 is 9.50 Å². The highest BCUT2D eigenvalue weighted by atomic mass is 19.1. The Morgan fingerprint density at radius 3 is 2.47 bits per heavy atom. The summed E-state index contributed by atoms with van der Waals surface area (Å²) in [4.78, 5) is 2.06. The molecule has 0 spiro atoms. The lowest BCUT2D eigenvalue weighted by Crippen LogP contribution is -2.30. The van der Waals surface area contributed by atoms with Crippen molar-refractivity contribution in [2.45, 2.75) is 20.8 Å². The number of aliphatic hydroxyl groups is 1. The van der Waals surface area contributed by atoms with Gasteiger partial charge in [-0.2, -0.15) is 0 Å². The van der Waals surface area contributed by atoms with Crippen LogP contribution in [0.25, 0.3) is 0 Å². The minimum atomic E-state index is -0.176. The lowest BCUT2D eigenvalue weighted by atomic mass is 9.96. The molecule has 0 bridgehead atoms. The molecule has 17 heavy (non-hydrogen) atoms. The molecule has 2 nitrogen and oxygen atoms in total. The zero-order valence-electron chi connectivity index (χ0n) is 11.1. The monoisotopic (exact) mass is 239 g/mol. The van der Waals surface area contributed by atoms with Crippen molar-refractivity contribution in [2.75, 3.05) is 25.1 Å². The van der Waals surface area contributed by atoms with Crippen LogP contribution >= 0.6 is 0 Å². The predicted octanol–water partition coefficient (Wildman–Crippen LogP) is 2.83. The van der Waals surface area contributed by atoms with Crippen molar-refractivity contribution in [2.24, 2.45) is 11.8 Å². The standard InChI is InChI=1S/C14H22FNO/c1-10(2)12(9-17)8-16(4)13-5-6-14(15)11(3)7-13/h5-7,10,12,17H,8-9H2,1-4H3. The Hall–Kier alpha value is -1.09. The van der Waals surface area contributed by atoms with Crippen LogP contribution in [0.1, 0.15) is 19.4 Å². The SMILES string of the molecule is Cc1cc(N(C)CC(CO)C(C)C)ccc1F. The fourth-order valence-corrected chi connectivity index (χ4v) is 1.80. The number of aryl methyl sites for hydroxylation is 1. The van der Waals surface area contributed by atoms with Gasteiger partial charge in [0.2, 0.25) is 0 Å². The van der Waals surface area contributed by atoms with Gasteiger partial charge in [0.05, 0.1) is 0 Å². The number of anilines is 1. The van der Waals surface area contributed by atoms with Crippen LogP contribution in [0, 0.1) is 24.6 Å². The first-order valence-electron chi connectivity index (χ1n) is 6.03. The molecule has 0 fully saturated rings. The Morgan fingerprint density at radius 2 is 2.00 bits per heavy atom. The third kappa shape index (κ3) is 3.70. The second-order valence-corrected chi connectivity index (χ2v) is 5.00. The molecule has 96 valence electrons. The largest absolute Gasteiger partial charge is 0.396 e. The first-order valence-corrected chi connectivity index (χ1v) is 6.03. The molecule has 1 aromatic rings. The van der Waals surface area contributed by atoms with E-state index in [0.717, 1.165) is 12.2 Å². The highest BCUT2D eigenvalue weighted by Crippen LogP contribution is 2.20. The molecule has 0 heterocycles. The Labute approximate surface area is 103 Å². The van der Waals surface area contributed by atoms with Crippen molar-refractivity contribution in [1.82, 2.24) is 0 Å². The topological polar surface area (TPSA) is 23.5 Å². The van der Waals surface area contributed by atoms with Gasteiger partial charge in [-0.25, -0.2) is 4.39 Å². The zero-order chi connectivity index (χ0) is 13.0. The number of nitrogens with zero attached hydrogens (tertiary/aromatic N) is 1. The summed E-state index contributed by atoms with van der Waals surface area (Å²) in [6.07, 6.45) is 0. The van der Waals surface area contributed by atoms with Gasteiger partial charge in [0.15, 0.2) is 0 Å². The maximum Gasteiger partial charge on any atom is 0.126 e. The van der Waals surface area contributed by atoms with Gasteiger partial charge in [-0.1, -0.05) is 13.8 Å². The minimum absolute atomic E-state index is 0.176. The van der Waals surface area contributed by atoms with Gasteiger partial charge < -0.3 is 10.0 Å². The first kappa shape index (κ1) is 14.0. The third-order valence-electron chi connectivity index (χ3n) is 3.27. The molecule has 1 rings (SSSR count). The summed E-state index contributed by atoms with van der Waals surface area (Å²) in [5.41, 5.74) is 1.64. The van der Waals surface area contributed by atoms with E-state index in [4.69, 9.17) is 0 Å². The molecule has 1 atom stereocenters. The summed E-state index contributed by atoms with van der Waals surface area (Å²) >= 11 is 0. The molecule has 0 aliphatic heterocycles. The molecule has 3 heteroatoms. The summed E-state index contributed by atoms with van der Waals surface area (Å²) in [6, 6.07) is 5.10. The van der Waals surface area contributed by atoms with E-state index in [1.165, 1.54) is 6.07 Å². The van der Waals surface area contributed by atoms with Crippen LogP contribution in [0.5, 0.6) is 0 Å². The molecule has 0 aliphatic rings. The van der Waals surface area contributed by atoms with Crippen LogP contribution in [-0.4, -0.2) is 25.3 Å². The van der Waals surface area contributed by atoms with E-state index in [0.29, 0.717) is 11.5 Å². The molecule has 0 aromatic heterocycles. The second-order valence-electron chi connectivity index (χ2n) is 5.00. The van der Waals surface area contributed by atoms with Crippen molar-refractivity contribution in [3.05, 3.63) is 29.6 Å². The van der Waals surface area contributed by atoms with Crippen LogP contribution in [-0.2, 0) is 0 Å². The van der Waals surface area contributed by atoms with Crippen LogP contribution < -0.4 is 4.90 Å². The fraction of sp³-hybridized carbons (Fsp3) is 0.571. The van der Waals surface area contributed by atoms with E-state index >= 15 is 0 Å². The van der Waals surface area contributed by atoms with Crippen molar-refractivity contribution in [1.29, 1.82) is 0 Å². The summed E-state index contributed by atoms with van der Waals surface area (Å²) in [5, 5.41) is 9.30. The number of benzene rings is 1. The molecule has 0 saturated carbocycles. The van der Waals surface area contributed by atoms with E-state index < -0.39 is 0 Å². The van der Waals surface area contributed by atoms with Crippen LogP contribution in [0.3, 0.4) is 0 Å². The molecule has 1 N–H and O–H groups in total. The maximum atomic E-state index is 13.2. The van der Waals surface area contributed by atoms with E-state index in [-0.39, 0.29) is 18.3 Å². The minimum Gasteiger partial charge on any atom is -0.396 e. The highest BCUT2D eigenvalue weighted by Gasteiger charge is 2.15. The number of halogens is 1. The molecule has 0 amide bonds. The third-order valence-corrected chi connectivity index (χ3v) is 3.27. The van der Waals surface area contributed by atoms with Crippen molar-refractivity contribution in [3.8, 4) is 0 Å². The quantitative estimate of drug-likeness (QED) is 0.854. The van der Waals surface area contributed by atoms with Crippen molar-refractivity contribution in [3.63, 3.8) is 0 Å². The molecule has 1 unspecified atom stereocenters. The average Bonchev–Trinajstić information content (AvgIpc) is 2.28. The van der Waals surface area contributed by atoms with E-state index in [1.54, 1.807) is 13.0 Å². The second kappa shape index (κ2) is 6.01. The smallest absolute Gasteiger partial charge is 0.126 e. The summed E-state index contributed by atoms with van der Waals surface area (Å²) in [6.45, 7) is 6.93. The summed E-state index contributed by atoms with van der Waals surface area (Å²) in [7, 11) is 1.97. The van der Waals surface area contributed by atoms with Gasteiger partial charge in [0.1, 0.15) is 5.82 Å². The molecule has 0 saturated heterocycles. The molecule has 0 aliphatic carbocycles. The van der Waals surface area contributed by atoms with E-state index in [1.807, 2.05) is 13.1 Å². The van der Waals surface area contributed by atoms with Gasteiger partial charge >= 0.3 is 0 Å². The van der Waals surface area contributed by atoms with Gasteiger partial charge in [0.25, 0.3) is 0 Å². The van der Waals surface area contributed by atoms with Gasteiger partial charge in [-0.05, 0) is 36.6 Å². The van der Waals surface area contributed by atoms with Gasteiger partial charge in [-0.3, -0.25) is 0 Å². The molecular weight excluding hydrogens is 217 g/mol. The van der Waals surface area contributed by atoms with Gasteiger partial charge in [-0.15, -0.1) is 0 Å². The Morgan fingerprint density at radius 1 is 1.35 bits per heavy atom. The lowest BCUT2D eigenvalue weighted by Gasteiger charge is -2.27.